The van der Waals surface area contributed by atoms with Crippen LogP contribution in [0.15, 0.2) is 12.1 Å². The molecule has 1 aromatic heterocycles. The van der Waals surface area contributed by atoms with Crippen LogP contribution in [0.5, 0.6) is 0 Å². The van der Waals surface area contributed by atoms with E-state index in [4.69, 9.17) is 0 Å². The Hall–Kier alpha value is -1.95. The number of carbonyl (C=O) groups excluding carboxylic acids is 1. The van der Waals surface area contributed by atoms with Gasteiger partial charge in [0.2, 0.25) is 11.9 Å². The van der Waals surface area contributed by atoms with Gasteiger partial charge in [0.25, 0.3) is 0 Å². The van der Waals surface area contributed by atoms with Crippen molar-refractivity contribution in [1.82, 2.24) is 9.55 Å². The Labute approximate surface area is 153 Å². The number of carbonyl (C=O) groups is 1. The van der Waals surface area contributed by atoms with Crippen molar-refractivity contribution in [2.75, 3.05) is 5.32 Å². The minimum Gasteiger partial charge on any atom is -0.386 e. The lowest BCUT2D eigenvalue weighted by Gasteiger charge is -2.29. The number of nitrogens with one attached hydrogen (secondary N) is 1. The van der Waals surface area contributed by atoms with Crippen LogP contribution in [0, 0.1) is 17.7 Å². The number of hydrogen-bond donors (Lipinski definition) is 2. The van der Waals surface area contributed by atoms with E-state index in [1.165, 1.54) is 6.07 Å². The smallest absolute Gasteiger partial charge is 0.229 e. The highest BCUT2D eigenvalue weighted by Crippen LogP contribution is 2.39. The first-order valence-electron chi connectivity index (χ1n) is 9.34. The van der Waals surface area contributed by atoms with Crippen molar-refractivity contribution in [2.45, 2.75) is 65.5 Å². The first kappa shape index (κ1) is 18.8. The molecule has 3 rings (SSSR count). The number of imidazole rings is 1. The van der Waals surface area contributed by atoms with Crippen LogP contribution >= 0.6 is 0 Å². The minimum atomic E-state index is -1.15. The molecule has 1 fully saturated rings. The van der Waals surface area contributed by atoms with E-state index in [1.807, 2.05) is 25.3 Å². The molecule has 1 aliphatic carbocycles. The van der Waals surface area contributed by atoms with Crippen molar-refractivity contribution >= 4 is 22.9 Å². The van der Waals surface area contributed by atoms with E-state index >= 15 is 0 Å². The van der Waals surface area contributed by atoms with E-state index in [2.05, 4.69) is 10.3 Å². The SMILES string of the molecule is CC(C)[C@H](C)C(=O)Nc1nc2c(F)cc(C(C)(C)O)cc2n1C1CCC1. The number of benzene rings is 1. The van der Waals surface area contributed by atoms with Gasteiger partial charge in [-0.1, -0.05) is 20.8 Å². The lowest BCUT2D eigenvalue weighted by Crippen LogP contribution is -2.27. The molecule has 2 N–H and O–H groups in total. The molecule has 6 heteroatoms. The fraction of sp³-hybridized carbons (Fsp3) is 0.600. The summed E-state index contributed by atoms with van der Waals surface area (Å²) in [6, 6.07) is 3.30. The predicted octanol–water partition coefficient (Wildman–Crippen LogP) is 4.36. The molecule has 1 heterocycles. The molecule has 1 aliphatic rings. The fourth-order valence-electron chi connectivity index (χ4n) is 3.14. The van der Waals surface area contributed by atoms with E-state index in [0.29, 0.717) is 17.0 Å². The monoisotopic (exact) mass is 361 g/mol. The van der Waals surface area contributed by atoms with Gasteiger partial charge in [0.05, 0.1) is 11.1 Å². The number of amides is 1. The van der Waals surface area contributed by atoms with Gasteiger partial charge in [-0.3, -0.25) is 10.1 Å². The lowest BCUT2D eigenvalue weighted by atomic mass is 9.92. The van der Waals surface area contributed by atoms with Gasteiger partial charge in [-0.15, -0.1) is 0 Å². The van der Waals surface area contributed by atoms with Crippen LogP contribution in [0.1, 0.15) is 65.5 Å². The summed E-state index contributed by atoms with van der Waals surface area (Å²) in [6.45, 7) is 9.13. The molecule has 0 spiro atoms. The number of halogens is 1. The van der Waals surface area contributed by atoms with Gasteiger partial charge >= 0.3 is 0 Å². The van der Waals surface area contributed by atoms with Crippen LogP contribution in [0.3, 0.4) is 0 Å². The van der Waals surface area contributed by atoms with Crippen molar-refractivity contribution < 1.29 is 14.3 Å². The third-order valence-electron chi connectivity index (χ3n) is 5.54. The molecule has 1 saturated carbocycles. The fourth-order valence-corrected chi connectivity index (χ4v) is 3.14. The molecule has 5 nitrogen and oxygen atoms in total. The van der Waals surface area contributed by atoms with E-state index in [0.717, 1.165) is 19.3 Å². The maximum Gasteiger partial charge on any atom is 0.229 e. The molecule has 1 amide bonds. The average molecular weight is 361 g/mol. The first-order valence-corrected chi connectivity index (χ1v) is 9.34. The van der Waals surface area contributed by atoms with Crippen molar-refractivity contribution in [3.8, 4) is 0 Å². The predicted molar refractivity (Wildman–Crippen MR) is 100 cm³/mol. The molecular formula is C20H28FN3O2. The number of rotatable bonds is 5. The van der Waals surface area contributed by atoms with Crippen LogP contribution in [0.4, 0.5) is 10.3 Å². The van der Waals surface area contributed by atoms with E-state index < -0.39 is 11.4 Å². The van der Waals surface area contributed by atoms with E-state index in [9.17, 15) is 14.3 Å². The van der Waals surface area contributed by atoms with Crippen LogP contribution in [0.25, 0.3) is 11.0 Å². The lowest BCUT2D eigenvalue weighted by molar-refractivity contribution is -0.120. The zero-order valence-electron chi connectivity index (χ0n) is 16.1. The maximum absolute atomic E-state index is 14.7. The van der Waals surface area contributed by atoms with Crippen molar-refractivity contribution in [2.24, 2.45) is 11.8 Å². The molecule has 2 aromatic rings. The van der Waals surface area contributed by atoms with Gasteiger partial charge in [-0.05, 0) is 56.7 Å². The van der Waals surface area contributed by atoms with E-state index in [-0.39, 0.29) is 29.3 Å². The molecule has 142 valence electrons. The number of fused-ring (bicyclic) bond motifs is 1. The number of anilines is 1. The van der Waals surface area contributed by atoms with Crippen LogP contribution in [0.2, 0.25) is 0 Å². The van der Waals surface area contributed by atoms with Gasteiger partial charge in [-0.2, -0.15) is 0 Å². The summed E-state index contributed by atoms with van der Waals surface area (Å²) in [7, 11) is 0. The Morgan fingerprint density at radius 3 is 2.50 bits per heavy atom. The van der Waals surface area contributed by atoms with Crippen molar-refractivity contribution in [1.29, 1.82) is 0 Å². The molecule has 1 aromatic carbocycles. The van der Waals surface area contributed by atoms with Gasteiger partial charge < -0.3 is 9.67 Å². The minimum absolute atomic E-state index is 0.112. The molecular weight excluding hydrogens is 333 g/mol. The highest BCUT2D eigenvalue weighted by molar-refractivity contribution is 5.93. The first-order chi connectivity index (χ1) is 12.1. The highest BCUT2D eigenvalue weighted by atomic mass is 19.1. The Morgan fingerprint density at radius 1 is 1.35 bits per heavy atom. The molecule has 0 bridgehead atoms. The summed E-state index contributed by atoms with van der Waals surface area (Å²) in [5.41, 5.74) is 0.201. The Morgan fingerprint density at radius 2 is 2.00 bits per heavy atom. The van der Waals surface area contributed by atoms with Gasteiger partial charge in [0.15, 0.2) is 5.82 Å². The Bertz CT molecular complexity index is 832. The summed E-state index contributed by atoms with van der Waals surface area (Å²) in [5.74, 6) is -0.158. The number of nitrogens with zero attached hydrogens (tertiary/aromatic N) is 2. The summed E-state index contributed by atoms with van der Waals surface area (Å²) >= 11 is 0. The van der Waals surface area contributed by atoms with Crippen molar-refractivity contribution in [3.63, 3.8) is 0 Å². The average Bonchev–Trinajstić information content (AvgIpc) is 2.83. The second kappa shape index (κ2) is 6.65. The molecule has 26 heavy (non-hydrogen) atoms. The third-order valence-corrected chi connectivity index (χ3v) is 5.54. The molecule has 0 saturated heterocycles. The quantitative estimate of drug-likeness (QED) is 0.831. The second-order valence-corrected chi connectivity index (χ2v) is 8.30. The number of aliphatic hydroxyl groups is 1. The molecule has 0 aliphatic heterocycles. The van der Waals surface area contributed by atoms with Crippen LogP contribution in [-0.2, 0) is 10.4 Å². The standard InChI is InChI=1S/C20H28FN3O2/c1-11(2)12(3)18(25)23-19-22-17-15(21)9-13(20(4,5)26)10-16(17)24(19)14-7-6-8-14/h9-12,14,26H,6-8H2,1-5H3,(H,22,23,25)/t12-/m0/s1. The summed E-state index contributed by atoms with van der Waals surface area (Å²) < 4.78 is 16.6. The number of hydrogen-bond acceptors (Lipinski definition) is 3. The van der Waals surface area contributed by atoms with Gasteiger partial charge in [0, 0.05) is 12.0 Å². The maximum atomic E-state index is 14.7. The Balaban J connectivity index is 2.11. The van der Waals surface area contributed by atoms with Crippen LogP contribution in [-0.4, -0.2) is 20.6 Å². The van der Waals surface area contributed by atoms with E-state index in [1.54, 1.807) is 19.9 Å². The normalized spacial score (nSPS) is 16.8. The third kappa shape index (κ3) is 3.34. The summed E-state index contributed by atoms with van der Waals surface area (Å²) in [5, 5.41) is 13.2. The van der Waals surface area contributed by atoms with Gasteiger partial charge in [0.1, 0.15) is 5.52 Å². The Kier molecular flexibility index (Phi) is 4.82. The number of aromatic nitrogens is 2. The zero-order valence-corrected chi connectivity index (χ0v) is 16.1. The molecule has 0 radical (unpaired) electrons. The zero-order chi connectivity index (χ0) is 19.2. The largest absolute Gasteiger partial charge is 0.386 e. The topological polar surface area (TPSA) is 67.2 Å². The molecule has 1 atom stereocenters. The molecule has 0 unspecified atom stereocenters. The summed E-state index contributed by atoms with van der Waals surface area (Å²) in [6.07, 6.45) is 3.05. The summed E-state index contributed by atoms with van der Waals surface area (Å²) in [4.78, 5) is 16.9. The van der Waals surface area contributed by atoms with Crippen molar-refractivity contribution in [3.05, 3.63) is 23.5 Å². The highest BCUT2D eigenvalue weighted by Gasteiger charge is 2.29. The second-order valence-electron chi connectivity index (χ2n) is 8.30. The van der Waals surface area contributed by atoms with Gasteiger partial charge in [-0.25, -0.2) is 9.37 Å². The van der Waals surface area contributed by atoms with Crippen LogP contribution < -0.4 is 5.32 Å².